The van der Waals surface area contributed by atoms with Crippen molar-refractivity contribution < 1.29 is 10.2 Å². The van der Waals surface area contributed by atoms with Crippen molar-refractivity contribution in [1.29, 1.82) is 0 Å². The molecule has 0 aromatic carbocycles. The quantitative estimate of drug-likeness (QED) is 0.574. The van der Waals surface area contributed by atoms with Crippen LogP contribution in [0.5, 0.6) is 0 Å². The molecule has 0 saturated carbocycles. The average Bonchev–Trinajstić information content (AvgIpc) is 2.10. The lowest BCUT2D eigenvalue weighted by molar-refractivity contribution is 0.0247. The van der Waals surface area contributed by atoms with E-state index in [0.717, 1.165) is 12.8 Å². The van der Waals surface area contributed by atoms with Crippen molar-refractivity contribution in [1.82, 2.24) is 0 Å². The third-order valence-electron chi connectivity index (χ3n) is 2.41. The Morgan fingerprint density at radius 1 is 0.923 bits per heavy atom. The lowest BCUT2D eigenvalue weighted by Crippen LogP contribution is -2.21. The van der Waals surface area contributed by atoms with Crippen LogP contribution in [0.2, 0.25) is 0 Å². The van der Waals surface area contributed by atoms with Crippen LogP contribution in [-0.4, -0.2) is 22.4 Å². The maximum absolute atomic E-state index is 9.28. The Morgan fingerprint density at radius 3 is 2.00 bits per heavy atom. The zero-order valence-electron chi connectivity index (χ0n) is 9.00. The van der Waals surface area contributed by atoms with Crippen LogP contribution in [-0.2, 0) is 0 Å². The van der Waals surface area contributed by atoms with Gasteiger partial charge in [0, 0.05) is 0 Å². The largest absolute Gasteiger partial charge is 0.391 e. The predicted molar refractivity (Wildman–Crippen MR) is 55.7 cm³/mol. The molecule has 0 radical (unpaired) electrons. The highest BCUT2D eigenvalue weighted by Gasteiger charge is 2.09. The van der Waals surface area contributed by atoms with E-state index in [0.29, 0.717) is 0 Å². The third kappa shape index (κ3) is 8.26. The van der Waals surface area contributed by atoms with Crippen LogP contribution >= 0.6 is 0 Å². The molecule has 0 rings (SSSR count). The highest BCUT2D eigenvalue weighted by atomic mass is 16.3. The summed E-state index contributed by atoms with van der Waals surface area (Å²) in [5.74, 6) is 0. The van der Waals surface area contributed by atoms with Crippen LogP contribution in [0.15, 0.2) is 0 Å². The minimum atomic E-state index is -0.573. The summed E-state index contributed by atoms with van der Waals surface area (Å²) < 4.78 is 0. The molecular formula is C11H24O2. The number of unbranched alkanes of at least 4 members (excludes halogenated alkanes) is 5. The Balaban J connectivity index is 3.07. The lowest BCUT2D eigenvalue weighted by Gasteiger charge is -2.12. The van der Waals surface area contributed by atoms with Crippen LogP contribution in [0, 0.1) is 0 Å². The molecule has 2 atom stereocenters. The summed E-state index contributed by atoms with van der Waals surface area (Å²) in [5.41, 5.74) is 0. The number of aliphatic hydroxyl groups is 2. The zero-order chi connectivity index (χ0) is 10.1. The molecule has 0 aliphatic heterocycles. The summed E-state index contributed by atoms with van der Waals surface area (Å²) in [7, 11) is 0. The van der Waals surface area contributed by atoms with Crippen molar-refractivity contribution in [2.75, 3.05) is 0 Å². The Hall–Kier alpha value is -0.0800. The first-order chi connectivity index (χ1) is 6.18. The van der Waals surface area contributed by atoms with Gasteiger partial charge in [-0.25, -0.2) is 0 Å². The third-order valence-corrected chi connectivity index (χ3v) is 2.41. The molecule has 0 aliphatic rings. The van der Waals surface area contributed by atoms with E-state index in [9.17, 15) is 5.11 Å². The van der Waals surface area contributed by atoms with Crippen molar-refractivity contribution in [3.8, 4) is 0 Å². The molecule has 0 bridgehead atoms. The van der Waals surface area contributed by atoms with E-state index in [1.165, 1.54) is 32.1 Å². The second-order valence-electron chi connectivity index (χ2n) is 3.86. The van der Waals surface area contributed by atoms with Crippen molar-refractivity contribution in [3.63, 3.8) is 0 Å². The summed E-state index contributed by atoms with van der Waals surface area (Å²) in [6.45, 7) is 3.85. The summed E-state index contributed by atoms with van der Waals surface area (Å²) in [5, 5.41) is 18.3. The van der Waals surface area contributed by atoms with Gasteiger partial charge < -0.3 is 10.2 Å². The molecule has 0 aromatic heterocycles. The molecule has 2 N–H and O–H groups in total. The maximum Gasteiger partial charge on any atom is 0.0796 e. The van der Waals surface area contributed by atoms with E-state index in [1.54, 1.807) is 6.92 Å². The SMILES string of the molecule is CCCCCCCC[C@H](O)[C@H](C)O. The van der Waals surface area contributed by atoms with E-state index in [1.807, 2.05) is 0 Å². The number of rotatable bonds is 8. The molecule has 0 aliphatic carbocycles. The average molecular weight is 188 g/mol. The molecule has 2 heteroatoms. The summed E-state index contributed by atoms with van der Waals surface area (Å²) in [6, 6.07) is 0. The van der Waals surface area contributed by atoms with Gasteiger partial charge in [0.05, 0.1) is 12.2 Å². The van der Waals surface area contributed by atoms with E-state index in [4.69, 9.17) is 5.11 Å². The van der Waals surface area contributed by atoms with Crippen molar-refractivity contribution in [3.05, 3.63) is 0 Å². The van der Waals surface area contributed by atoms with Gasteiger partial charge in [-0.05, 0) is 13.3 Å². The topological polar surface area (TPSA) is 40.5 Å². The second-order valence-corrected chi connectivity index (χ2v) is 3.86. The smallest absolute Gasteiger partial charge is 0.0796 e. The van der Waals surface area contributed by atoms with Gasteiger partial charge in [-0.15, -0.1) is 0 Å². The van der Waals surface area contributed by atoms with E-state index in [-0.39, 0.29) is 0 Å². The molecule has 2 nitrogen and oxygen atoms in total. The molecule has 0 aromatic rings. The van der Waals surface area contributed by atoms with Crippen molar-refractivity contribution in [2.24, 2.45) is 0 Å². The van der Waals surface area contributed by atoms with Gasteiger partial charge in [0.15, 0.2) is 0 Å². The molecule has 0 unspecified atom stereocenters. The number of aliphatic hydroxyl groups excluding tert-OH is 2. The van der Waals surface area contributed by atoms with Crippen LogP contribution in [0.1, 0.15) is 58.8 Å². The molecule has 13 heavy (non-hydrogen) atoms. The van der Waals surface area contributed by atoms with Crippen LogP contribution in [0.4, 0.5) is 0 Å². The minimum Gasteiger partial charge on any atom is -0.391 e. The van der Waals surface area contributed by atoms with Gasteiger partial charge in [0.1, 0.15) is 0 Å². The van der Waals surface area contributed by atoms with Gasteiger partial charge >= 0.3 is 0 Å². The van der Waals surface area contributed by atoms with Gasteiger partial charge in [-0.1, -0.05) is 45.4 Å². The highest BCUT2D eigenvalue weighted by molar-refractivity contribution is 4.61. The normalized spacial score (nSPS) is 15.7. The van der Waals surface area contributed by atoms with Gasteiger partial charge in [0.2, 0.25) is 0 Å². The van der Waals surface area contributed by atoms with Crippen molar-refractivity contribution >= 4 is 0 Å². The first-order valence-electron chi connectivity index (χ1n) is 5.54. The van der Waals surface area contributed by atoms with Crippen LogP contribution in [0.3, 0.4) is 0 Å². The maximum atomic E-state index is 9.28. The molecule has 0 saturated heterocycles. The van der Waals surface area contributed by atoms with Gasteiger partial charge in [-0.3, -0.25) is 0 Å². The summed E-state index contributed by atoms with van der Waals surface area (Å²) >= 11 is 0. The molecule has 0 amide bonds. The van der Waals surface area contributed by atoms with E-state index >= 15 is 0 Å². The molecular weight excluding hydrogens is 164 g/mol. The van der Waals surface area contributed by atoms with Crippen molar-refractivity contribution in [2.45, 2.75) is 71.0 Å². The molecule has 80 valence electrons. The fourth-order valence-corrected chi connectivity index (χ4v) is 1.38. The molecule has 0 fully saturated rings. The van der Waals surface area contributed by atoms with Crippen LogP contribution < -0.4 is 0 Å². The first kappa shape index (κ1) is 12.9. The Morgan fingerprint density at radius 2 is 1.46 bits per heavy atom. The lowest BCUT2D eigenvalue weighted by atomic mass is 10.0. The monoisotopic (exact) mass is 188 g/mol. The summed E-state index contributed by atoms with van der Waals surface area (Å²) in [6.07, 6.45) is 7.03. The van der Waals surface area contributed by atoms with E-state index < -0.39 is 12.2 Å². The minimum absolute atomic E-state index is 0.522. The number of hydrogen-bond donors (Lipinski definition) is 2. The highest BCUT2D eigenvalue weighted by Crippen LogP contribution is 2.09. The second kappa shape index (κ2) is 8.52. The van der Waals surface area contributed by atoms with Gasteiger partial charge in [-0.2, -0.15) is 0 Å². The number of hydrogen-bond acceptors (Lipinski definition) is 2. The zero-order valence-corrected chi connectivity index (χ0v) is 9.00. The molecule has 0 spiro atoms. The Bertz CT molecular complexity index is 102. The van der Waals surface area contributed by atoms with Gasteiger partial charge in [0.25, 0.3) is 0 Å². The van der Waals surface area contributed by atoms with Crippen LogP contribution in [0.25, 0.3) is 0 Å². The summed E-state index contributed by atoms with van der Waals surface area (Å²) in [4.78, 5) is 0. The fourth-order valence-electron chi connectivity index (χ4n) is 1.38. The Kier molecular flexibility index (Phi) is 8.46. The molecule has 0 heterocycles. The Labute approximate surface area is 82.0 Å². The predicted octanol–water partition coefficient (Wildman–Crippen LogP) is 2.48. The fraction of sp³-hybridized carbons (Fsp3) is 1.00. The first-order valence-corrected chi connectivity index (χ1v) is 5.54. The standard InChI is InChI=1S/C11H24O2/c1-3-4-5-6-7-8-9-11(13)10(2)12/h10-13H,3-9H2,1-2H3/t10-,11-/m0/s1. The van der Waals surface area contributed by atoms with E-state index in [2.05, 4.69) is 6.92 Å².